The molecule has 8 aromatic carbocycles. The molecule has 0 saturated carbocycles. The molecule has 0 bridgehead atoms. The number of fused-ring (bicyclic) bond motifs is 9. The van der Waals surface area contributed by atoms with Crippen molar-refractivity contribution in [3.63, 3.8) is 0 Å². The molecule has 4 heterocycles. The predicted octanol–water partition coefficient (Wildman–Crippen LogP) is 14.1. The van der Waals surface area contributed by atoms with Crippen molar-refractivity contribution < 1.29 is 4.42 Å². The van der Waals surface area contributed by atoms with Crippen LogP contribution in [0.2, 0.25) is 0 Å². The molecule has 2 unspecified atom stereocenters. The minimum atomic E-state index is 0.0941. The fourth-order valence-electron chi connectivity index (χ4n) is 9.93. The van der Waals surface area contributed by atoms with Crippen LogP contribution in [0.15, 0.2) is 217 Å². The largest absolute Gasteiger partial charge is 0.455 e. The van der Waals surface area contributed by atoms with Crippen molar-refractivity contribution in [1.82, 2.24) is 19.5 Å². The molecule has 13 rings (SSSR count). The van der Waals surface area contributed by atoms with Crippen LogP contribution in [0.4, 0.5) is 11.4 Å². The van der Waals surface area contributed by atoms with Gasteiger partial charge >= 0.3 is 0 Å². The zero-order valence-corrected chi connectivity index (χ0v) is 34.0. The quantitative estimate of drug-likeness (QED) is 0.167. The first-order valence-electron chi connectivity index (χ1n) is 21.4. The maximum Gasteiger partial charge on any atom is 0.167 e. The van der Waals surface area contributed by atoms with Crippen LogP contribution < -0.4 is 4.90 Å². The summed E-state index contributed by atoms with van der Waals surface area (Å²) in [5.41, 5.74) is 13.7. The van der Waals surface area contributed by atoms with Crippen LogP contribution in [0.1, 0.15) is 17.0 Å². The first-order chi connectivity index (χ1) is 31.2. The van der Waals surface area contributed by atoms with Crippen LogP contribution in [0.25, 0.3) is 89.2 Å². The summed E-state index contributed by atoms with van der Waals surface area (Å²) in [6.45, 7) is 0. The second-order valence-electron chi connectivity index (χ2n) is 16.3. The topological polar surface area (TPSA) is 60.0 Å². The Kier molecular flexibility index (Phi) is 7.93. The highest BCUT2D eigenvalue weighted by atomic mass is 16.3. The summed E-state index contributed by atoms with van der Waals surface area (Å²) in [4.78, 5) is 17.6. The lowest BCUT2D eigenvalue weighted by atomic mass is 9.85. The van der Waals surface area contributed by atoms with Gasteiger partial charge < -0.3 is 13.9 Å². The molecule has 0 N–H and O–H groups in total. The molecule has 6 heteroatoms. The van der Waals surface area contributed by atoms with Crippen LogP contribution in [0.5, 0.6) is 0 Å². The number of allylic oxidation sites excluding steroid dienone is 2. The van der Waals surface area contributed by atoms with Gasteiger partial charge in [0.25, 0.3) is 0 Å². The van der Waals surface area contributed by atoms with E-state index in [2.05, 4.69) is 161 Å². The smallest absolute Gasteiger partial charge is 0.167 e. The van der Waals surface area contributed by atoms with Gasteiger partial charge in [0.2, 0.25) is 0 Å². The number of benzene rings is 8. The molecular formula is C57H37N5O. The molecule has 0 amide bonds. The number of anilines is 2. The Morgan fingerprint density at radius 2 is 1.00 bits per heavy atom. The number of aromatic nitrogens is 4. The second-order valence-corrected chi connectivity index (χ2v) is 16.3. The highest BCUT2D eigenvalue weighted by molar-refractivity contribution is 6.13. The van der Waals surface area contributed by atoms with Crippen molar-refractivity contribution in [2.24, 2.45) is 0 Å². The van der Waals surface area contributed by atoms with Gasteiger partial charge in [0, 0.05) is 61.2 Å². The fraction of sp³-hybridized carbons (Fsp3) is 0.0351. The van der Waals surface area contributed by atoms with Gasteiger partial charge in [-0.15, -0.1) is 0 Å². The SMILES string of the molecule is C1=CC2C(C=C1c1cccc3c1oc1c(-c4nc(-c5ccccc5)nc(-c5ccccc5)n4)cccc13)c1cc3c4ccccc4n(-c4ccccc4)c3cc1N2c1ccccc1. The molecule has 1 aliphatic heterocycles. The van der Waals surface area contributed by atoms with E-state index in [1.807, 2.05) is 60.7 Å². The average Bonchev–Trinajstić information content (AvgIpc) is 4.01. The van der Waals surface area contributed by atoms with E-state index in [1.54, 1.807) is 0 Å². The number of hydrogen-bond donors (Lipinski definition) is 0. The van der Waals surface area contributed by atoms with Crippen LogP contribution in [-0.4, -0.2) is 25.6 Å². The fourth-order valence-corrected chi connectivity index (χ4v) is 9.93. The third-order valence-electron chi connectivity index (χ3n) is 12.8. The molecule has 0 spiro atoms. The van der Waals surface area contributed by atoms with E-state index in [4.69, 9.17) is 19.4 Å². The van der Waals surface area contributed by atoms with Gasteiger partial charge in [-0.2, -0.15) is 0 Å². The summed E-state index contributed by atoms with van der Waals surface area (Å²) in [7, 11) is 0. The second kappa shape index (κ2) is 14.1. The molecule has 0 fully saturated rings. The Labute approximate surface area is 363 Å². The first-order valence-corrected chi connectivity index (χ1v) is 21.4. The van der Waals surface area contributed by atoms with Gasteiger partial charge in [-0.05, 0) is 59.7 Å². The van der Waals surface area contributed by atoms with Crippen molar-refractivity contribution in [3.05, 3.63) is 223 Å². The van der Waals surface area contributed by atoms with Crippen molar-refractivity contribution in [2.75, 3.05) is 4.90 Å². The van der Waals surface area contributed by atoms with Gasteiger partial charge in [-0.1, -0.05) is 164 Å². The molecule has 11 aromatic rings. The zero-order chi connectivity index (χ0) is 41.4. The van der Waals surface area contributed by atoms with E-state index >= 15 is 0 Å². The normalized spacial score (nSPS) is 15.6. The van der Waals surface area contributed by atoms with Crippen molar-refractivity contribution in [2.45, 2.75) is 12.0 Å². The van der Waals surface area contributed by atoms with E-state index in [-0.39, 0.29) is 12.0 Å². The predicted molar refractivity (Wildman–Crippen MR) is 256 cm³/mol. The monoisotopic (exact) mass is 807 g/mol. The van der Waals surface area contributed by atoms with Crippen LogP contribution in [0, 0.1) is 0 Å². The van der Waals surface area contributed by atoms with Gasteiger partial charge in [0.05, 0.1) is 22.6 Å². The molecule has 1 aliphatic carbocycles. The third-order valence-corrected chi connectivity index (χ3v) is 12.8. The van der Waals surface area contributed by atoms with Crippen molar-refractivity contribution in [3.8, 4) is 39.9 Å². The Balaban J connectivity index is 0.978. The highest BCUT2D eigenvalue weighted by Gasteiger charge is 2.39. The van der Waals surface area contributed by atoms with E-state index in [1.165, 1.54) is 38.7 Å². The van der Waals surface area contributed by atoms with E-state index in [9.17, 15) is 0 Å². The lowest BCUT2D eigenvalue weighted by Crippen LogP contribution is -2.28. The lowest BCUT2D eigenvalue weighted by molar-refractivity contribution is 0.668. The number of furan rings is 1. The minimum absolute atomic E-state index is 0.0941. The highest BCUT2D eigenvalue weighted by Crippen LogP contribution is 2.52. The summed E-state index contributed by atoms with van der Waals surface area (Å²) in [6, 6.07) is 68.2. The number of nitrogens with zero attached hydrogens (tertiary/aromatic N) is 5. The molecule has 2 atom stereocenters. The number of para-hydroxylation sites is 5. The average molecular weight is 808 g/mol. The standard InChI is InChI=1S/C57H37N5O/c1-5-17-36(18-6-1)55-58-56(37-19-7-2-8-20-37)60-57(59-55)45-29-16-28-44-43-27-15-26-41(53(43)63-54(44)45)38-31-32-50-46(33-38)48-34-47-42-25-13-14-30-49(42)61(39-21-9-3-10-22-39)51(47)35-52(48)62(50)40-23-11-4-12-24-40/h1-35,46,50H. The molecule has 296 valence electrons. The van der Waals surface area contributed by atoms with Gasteiger partial charge in [-0.3, -0.25) is 0 Å². The van der Waals surface area contributed by atoms with Gasteiger partial charge in [0.15, 0.2) is 17.5 Å². The molecule has 0 radical (unpaired) electrons. The summed E-state index contributed by atoms with van der Waals surface area (Å²) < 4.78 is 9.46. The third kappa shape index (κ3) is 5.62. The van der Waals surface area contributed by atoms with Gasteiger partial charge in [0.1, 0.15) is 11.2 Å². The minimum Gasteiger partial charge on any atom is -0.455 e. The van der Waals surface area contributed by atoms with E-state index in [0.717, 1.165) is 55.5 Å². The Morgan fingerprint density at radius 3 is 1.68 bits per heavy atom. The number of rotatable bonds is 6. The van der Waals surface area contributed by atoms with E-state index in [0.29, 0.717) is 17.5 Å². The summed E-state index contributed by atoms with van der Waals surface area (Å²) in [5, 5.41) is 4.57. The summed E-state index contributed by atoms with van der Waals surface area (Å²) in [6.07, 6.45) is 7.13. The maximum atomic E-state index is 7.05. The van der Waals surface area contributed by atoms with Crippen molar-refractivity contribution >= 4 is 60.7 Å². The van der Waals surface area contributed by atoms with Gasteiger partial charge in [-0.25, -0.2) is 15.0 Å². The Hall–Kier alpha value is -8.35. The molecule has 63 heavy (non-hydrogen) atoms. The van der Waals surface area contributed by atoms with Crippen molar-refractivity contribution in [1.29, 1.82) is 0 Å². The molecule has 0 saturated heterocycles. The summed E-state index contributed by atoms with van der Waals surface area (Å²) >= 11 is 0. The number of hydrogen-bond acceptors (Lipinski definition) is 5. The Morgan fingerprint density at radius 1 is 0.444 bits per heavy atom. The van der Waals surface area contributed by atoms with Crippen LogP contribution >= 0.6 is 0 Å². The van der Waals surface area contributed by atoms with E-state index < -0.39 is 0 Å². The lowest BCUT2D eigenvalue weighted by Gasteiger charge is -2.29. The molecule has 2 aliphatic rings. The molecular weight excluding hydrogens is 771 g/mol. The Bertz CT molecular complexity index is 3570. The van der Waals surface area contributed by atoms with Crippen LogP contribution in [-0.2, 0) is 0 Å². The maximum absolute atomic E-state index is 7.05. The molecule has 3 aromatic heterocycles. The summed E-state index contributed by atoms with van der Waals surface area (Å²) in [5.74, 6) is 1.89. The first kappa shape index (κ1) is 35.4. The molecule has 6 nitrogen and oxygen atoms in total. The zero-order valence-electron chi connectivity index (χ0n) is 34.0. The van der Waals surface area contributed by atoms with Crippen LogP contribution in [0.3, 0.4) is 0 Å².